The van der Waals surface area contributed by atoms with Crippen molar-refractivity contribution in [2.24, 2.45) is 5.73 Å². The van der Waals surface area contributed by atoms with E-state index in [0.29, 0.717) is 57.1 Å². The van der Waals surface area contributed by atoms with Crippen LogP contribution in [0.4, 0.5) is 10.8 Å². The first kappa shape index (κ1) is 29.2. The Morgan fingerprint density at radius 2 is 1.93 bits per heavy atom. The van der Waals surface area contributed by atoms with Crippen LogP contribution >= 0.6 is 23.1 Å². The maximum atomic E-state index is 13.3. The van der Waals surface area contributed by atoms with Gasteiger partial charge in [0.1, 0.15) is 5.82 Å². The number of nitrogens with zero attached hydrogens (tertiary/aromatic N) is 4. The van der Waals surface area contributed by atoms with Crippen LogP contribution in [0.2, 0.25) is 0 Å². The number of allylic oxidation sites excluding steroid dienone is 3. The largest absolute Gasteiger partial charge is 0.493 e. The number of carbonyl (C=O) groups is 2. The number of nitrogens with one attached hydrogen (secondary N) is 1. The number of aromatic nitrogens is 2. The molecule has 3 aromatic rings. The highest BCUT2D eigenvalue weighted by Gasteiger charge is 2.41. The van der Waals surface area contributed by atoms with Crippen LogP contribution < -0.4 is 25.4 Å². The minimum atomic E-state index is -0.526. The van der Waals surface area contributed by atoms with E-state index in [1.165, 1.54) is 35.8 Å². The molecule has 10 nitrogen and oxygen atoms in total. The number of aryl methyl sites for hydroxylation is 1. The molecule has 2 aliphatic rings. The zero-order valence-electron chi connectivity index (χ0n) is 23.5. The first-order valence-corrected chi connectivity index (χ1v) is 15.2. The molecule has 1 aliphatic heterocycles. The normalized spacial score (nSPS) is 16.7. The maximum Gasteiger partial charge on any atom is 0.234 e. The molecule has 1 unspecified atom stereocenters. The van der Waals surface area contributed by atoms with Crippen molar-refractivity contribution >= 4 is 45.6 Å². The van der Waals surface area contributed by atoms with Crippen molar-refractivity contribution in [1.29, 1.82) is 5.26 Å². The van der Waals surface area contributed by atoms with E-state index in [0.717, 1.165) is 17.7 Å². The van der Waals surface area contributed by atoms with Crippen LogP contribution in [-0.2, 0) is 16.0 Å². The Bertz CT molecular complexity index is 1620. The average Bonchev–Trinajstić information content (AvgIpc) is 3.48. The quantitative estimate of drug-likeness (QED) is 0.316. The molecule has 0 radical (unpaired) electrons. The first-order valence-electron chi connectivity index (χ1n) is 13.4. The molecule has 1 amide bonds. The number of nitrogens with two attached hydrogens (primary N) is 1. The lowest BCUT2D eigenvalue weighted by Gasteiger charge is -2.38. The molecule has 3 N–H and O–H groups in total. The summed E-state index contributed by atoms with van der Waals surface area (Å²) < 4.78 is 11.1. The summed E-state index contributed by atoms with van der Waals surface area (Å²) in [5, 5.41) is 22.1. The van der Waals surface area contributed by atoms with Gasteiger partial charge in [-0.25, -0.2) is 0 Å². The van der Waals surface area contributed by atoms with Gasteiger partial charge in [-0.15, -0.1) is 10.2 Å². The summed E-state index contributed by atoms with van der Waals surface area (Å²) in [4.78, 5) is 27.7. The molecule has 0 bridgehead atoms. The van der Waals surface area contributed by atoms with Gasteiger partial charge in [-0.05, 0) is 42.5 Å². The van der Waals surface area contributed by atoms with Crippen LogP contribution in [-0.4, -0.2) is 41.9 Å². The molecular formula is C30H30N6O4S2. The number of carbonyl (C=O) groups excluding carboxylic acids is 2. The van der Waals surface area contributed by atoms with Crippen LogP contribution in [0.1, 0.15) is 43.2 Å². The number of anilines is 2. The molecule has 1 aromatic heterocycles. The van der Waals surface area contributed by atoms with Crippen molar-refractivity contribution in [3.05, 3.63) is 76.3 Å². The fraction of sp³-hybridized carbons (Fsp3) is 0.300. The van der Waals surface area contributed by atoms with Crippen LogP contribution in [0.25, 0.3) is 0 Å². The van der Waals surface area contributed by atoms with E-state index in [1.807, 2.05) is 24.3 Å². The molecule has 0 fully saturated rings. The fourth-order valence-corrected chi connectivity index (χ4v) is 6.85. The molecule has 1 aliphatic carbocycles. The highest BCUT2D eigenvalue weighted by atomic mass is 32.2. The van der Waals surface area contributed by atoms with E-state index in [1.54, 1.807) is 30.2 Å². The predicted molar refractivity (Wildman–Crippen MR) is 163 cm³/mol. The number of Topliss-reactive ketones (excluding diaryl/α,β-unsaturated/α-hetero) is 1. The summed E-state index contributed by atoms with van der Waals surface area (Å²) in [6.45, 7) is 2.08. The summed E-state index contributed by atoms with van der Waals surface area (Å²) >= 11 is 2.49. The summed E-state index contributed by atoms with van der Waals surface area (Å²) in [6, 6.07) is 15.4. The summed E-state index contributed by atoms with van der Waals surface area (Å²) in [5.41, 5.74) is 10.9. The number of ether oxygens (including phenoxy) is 2. The predicted octanol–water partition coefficient (Wildman–Crippen LogP) is 5.15. The van der Waals surface area contributed by atoms with Gasteiger partial charge in [0.05, 0.1) is 37.5 Å². The standard InChI is InChI=1S/C30H30N6O4S2/c1-4-17-8-10-18(11-9-17)26-20(15-31)28(32)36(21-6-5-7-22(37)27(21)26)29-34-35-30(42-29)41-16-25(38)33-19-12-13-23(39-2)24(14-19)40-3/h8-14,26H,4-7,16,32H2,1-3H3,(H,33,38). The van der Waals surface area contributed by atoms with Crippen LogP contribution in [0.15, 0.2) is 69.5 Å². The van der Waals surface area contributed by atoms with Gasteiger partial charge in [-0.2, -0.15) is 5.26 Å². The molecule has 0 saturated carbocycles. The van der Waals surface area contributed by atoms with Crippen molar-refractivity contribution in [1.82, 2.24) is 10.2 Å². The number of rotatable bonds is 9. The molecule has 5 rings (SSSR count). The van der Waals surface area contributed by atoms with Crippen molar-refractivity contribution in [2.75, 3.05) is 30.2 Å². The summed E-state index contributed by atoms with van der Waals surface area (Å²) in [7, 11) is 3.08. The van der Waals surface area contributed by atoms with Crippen LogP contribution in [0.3, 0.4) is 0 Å². The van der Waals surface area contributed by atoms with Gasteiger partial charge in [0.25, 0.3) is 0 Å². The summed E-state index contributed by atoms with van der Waals surface area (Å²) in [6.07, 6.45) is 2.62. The van der Waals surface area contributed by atoms with Gasteiger partial charge in [0.2, 0.25) is 11.0 Å². The third-order valence-electron chi connectivity index (χ3n) is 7.22. The Hall–Kier alpha value is -4.34. The van der Waals surface area contributed by atoms with E-state index in [2.05, 4.69) is 28.5 Å². The third-order valence-corrected chi connectivity index (χ3v) is 9.26. The Kier molecular flexibility index (Phi) is 8.80. The molecule has 0 saturated heterocycles. The number of hydrogen-bond acceptors (Lipinski definition) is 11. The van der Waals surface area contributed by atoms with Crippen molar-refractivity contribution in [2.45, 2.75) is 42.9 Å². The number of nitriles is 1. The second-order valence-electron chi connectivity index (χ2n) is 9.67. The van der Waals surface area contributed by atoms with Gasteiger partial charge >= 0.3 is 0 Å². The molecule has 12 heteroatoms. The Morgan fingerprint density at radius 3 is 2.62 bits per heavy atom. The monoisotopic (exact) mass is 602 g/mol. The highest BCUT2D eigenvalue weighted by Crippen LogP contribution is 2.47. The maximum absolute atomic E-state index is 13.3. The van der Waals surface area contributed by atoms with Crippen molar-refractivity contribution < 1.29 is 19.1 Å². The van der Waals surface area contributed by atoms with Gasteiger partial charge < -0.3 is 20.5 Å². The number of benzene rings is 2. The minimum Gasteiger partial charge on any atom is -0.493 e. The number of amides is 1. The smallest absolute Gasteiger partial charge is 0.234 e. The second-order valence-corrected chi connectivity index (χ2v) is 11.8. The van der Waals surface area contributed by atoms with Gasteiger partial charge in [0, 0.05) is 29.4 Å². The number of thioether (sulfide) groups is 1. The van der Waals surface area contributed by atoms with Gasteiger partial charge in [0.15, 0.2) is 21.6 Å². The van der Waals surface area contributed by atoms with Crippen molar-refractivity contribution in [3.63, 3.8) is 0 Å². The average molecular weight is 603 g/mol. The Balaban J connectivity index is 1.38. The molecule has 2 heterocycles. The Labute approximate surface area is 252 Å². The van der Waals surface area contributed by atoms with E-state index >= 15 is 0 Å². The number of hydrogen-bond donors (Lipinski definition) is 2. The Morgan fingerprint density at radius 1 is 1.17 bits per heavy atom. The molecule has 2 aromatic carbocycles. The lowest BCUT2D eigenvalue weighted by atomic mass is 9.75. The molecule has 1 atom stereocenters. The second kappa shape index (κ2) is 12.7. The van der Waals surface area contributed by atoms with E-state index < -0.39 is 5.92 Å². The molecule has 0 spiro atoms. The molecular weight excluding hydrogens is 573 g/mol. The van der Waals surface area contributed by atoms with Gasteiger partial charge in [-0.3, -0.25) is 14.5 Å². The zero-order valence-corrected chi connectivity index (χ0v) is 25.1. The topological polar surface area (TPSA) is 143 Å². The van der Waals surface area contributed by atoms with E-state index in [-0.39, 0.29) is 23.3 Å². The SMILES string of the molecule is CCc1ccc(C2C(C#N)=C(N)N(c3nnc(SCC(=O)Nc4ccc(OC)c(OC)c4)s3)C3=C2C(=O)CCC3)cc1. The van der Waals surface area contributed by atoms with Crippen molar-refractivity contribution in [3.8, 4) is 17.6 Å². The van der Waals surface area contributed by atoms with Gasteiger partial charge in [-0.1, -0.05) is 54.3 Å². The zero-order chi connectivity index (χ0) is 29.8. The van der Waals surface area contributed by atoms with Crippen LogP contribution in [0, 0.1) is 11.3 Å². The summed E-state index contributed by atoms with van der Waals surface area (Å²) in [5.74, 6) is 0.674. The van der Waals surface area contributed by atoms with E-state index in [4.69, 9.17) is 15.2 Å². The third kappa shape index (κ3) is 5.70. The lowest BCUT2D eigenvalue weighted by Crippen LogP contribution is -2.38. The first-order chi connectivity index (χ1) is 20.4. The molecule has 42 heavy (non-hydrogen) atoms. The minimum absolute atomic E-state index is 0.0111. The number of methoxy groups -OCH3 is 2. The fourth-order valence-electron chi connectivity index (χ4n) is 5.17. The highest BCUT2D eigenvalue weighted by molar-refractivity contribution is 8.01. The lowest BCUT2D eigenvalue weighted by molar-refractivity contribution is -0.116. The molecule has 216 valence electrons. The van der Waals surface area contributed by atoms with Crippen LogP contribution in [0.5, 0.6) is 11.5 Å². The van der Waals surface area contributed by atoms with E-state index in [9.17, 15) is 14.9 Å². The number of ketones is 1.